The molecular weight excluding hydrogens is 426 g/mol. The summed E-state index contributed by atoms with van der Waals surface area (Å²) < 4.78 is 0. The van der Waals surface area contributed by atoms with E-state index in [9.17, 15) is 14.4 Å². The van der Waals surface area contributed by atoms with Gasteiger partial charge in [-0.2, -0.15) is 0 Å². The number of benzene rings is 2. The van der Waals surface area contributed by atoms with Crippen molar-refractivity contribution in [3.05, 3.63) is 71.8 Å². The Bertz CT molecular complexity index is 957. The van der Waals surface area contributed by atoms with E-state index in [-0.39, 0.29) is 30.2 Å². The van der Waals surface area contributed by atoms with Gasteiger partial charge in [0.05, 0.1) is 0 Å². The van der Waals surface area contributed by atoms with E-state index in [2.05, 4.69) is 10.6 Å². The number of nitrogens with one attached hydrogen (secondary N) is 2. The van der Waals surface area contributed by atoms with Crippen molar-refractivity contribution >= 4 is 17.7 Å². The lowest BCUT2D eigenvalue weighted by molar-refractivity contribution is -0.132. The van der Waals surface area contributed by atoms with E-state index in [0.29, 0.717) is 25.4 Å². The van der Waals surface area contributed by atoms with Crippen molar-refractivity contribution < 1.29 is 14.4 Å². The van der Waals surface area contributed by atoms with E-state index >= 15 is 0 Å². The lowest BCUT2D eigenvalue weighted by Crippen LogP contribution is -2.45. The maximum atomic E-state index is 13.3. The predicted octanol–water partition coefficient (Wildman–Crippen LogP) is 4.12. The quantitative estimate of drug-likeness (QED) is 0.621. The Balaban J connectivity index is 1.38. The standard InChI is InChI=1S/C28H35N3O3/c32-25(18-21-10-7-8-11-21)30-27(23-14-5-2-6-15-23)28(34)29-24-16-9-17-31(26(33)19-24)20-22-12-3-1-4-13-22/h1-6,12-15,21,24,27H,7-11,16-20H2,(H,29,34)(H,30,32)/t24-,27-/m0/s1. The summed E-state index contributed by atoms with van der Waals surface area (Å²) in [4.78, 5) is 40.9. The molecule has 2 atom stereocenters. The minimum absolute atomic E-state index is 0.0492. The summed E-state index contributed by atoms with van der Waals surface area (Å²) in [6.45, 7) is 1.27. The largest absolute Gasteiger partial charge is 0.351 e. The highest BCUT2D eigenvalue weighted by Gasteiger charge is 2.29. The number of hydrogen-bond acceptors (Lipinski definition) is 3. The summed E-state index contributed by atoms with van der Waals surface area (Å²) in [5.41, 5.74) is 1.86. The molecule has 1 saturated heterocycles. The molecule has 1 saturated carbocycles. The molecule has 2 aromatic carbocycles. The average Bonchev–Trinajstić information content (AvgIpc) is 3.29. The summed E-state index contributed by atoms with van der Waals surface area (Å²) in [6.07, 6.45) is 6.82. The Hall–Kier alpha value is -3.15. The van der Waals surface area contributed by atoms with Gasteiger partial charge in [-0.15, -0.1) is 0 Å². The van der Waals surface area contributed by atoms with Gasteiger partial charge in [-0.25, -0.2) is 0 Å². The number of carbonyl (C=O) groups excluding carboxylic acids is 3. The minimum Gasteiger partial charge on any atom is -0.351 e. The van der Waals surface area contributed by atoms with E-state index in [1.807, 2.05) is 65.6 Å². The number of nitrogens with zero attached hydrogens (tertiary/aromatic N) is 1. The summed E-state index contributed by atoms with van der Waals surface area (Å²) in [5, 5.41) is 6.04. The summed E-state index contributed by atoms with van der Waals surface area (Å²) >= 11 is 0. The monoisotopic (exact) mass is 461 g/mol. The SMILES string of the molecule is O=C(CC1CCCC1)N[C@H](C(=O)N[C@H]1CCCN(Cc2ccccc2)C(=O)C1)c1ccccc1. The van der Waals surface area contributed by atoms with E-state index in [1.165, 1.54) is 12.8 Å². The van der Waals surface area contributed by atoms with Gasteiger partial charge in [0, 0.05) is 32.0 Å². The molecule has 2 aliphatic rings. The first-order valence-corrected chi connectivity index (χ1v) is 12.5. The summed E-state index contributed by atoms with van der Waals surface area (Å²) in [5.74, 6) is 0.130. The van der Waals surface area contributed by atoms with Crippen LogP contribution in [0.4, 0.5) is 0 Å². The number of rotatable bonds is 8. The molecule has 1 heterocycles. The molecule has 0 spiro atoms. The van der Waals surface area contributed by atoms with Gasteiger partial charge >= 0.3 is 0 Å². The Kier molecular flexibility index (Phi) is 8.34. The van der Waals surface area contributed by atoms with Crippen molar-refractivity contribution in [1.29, 1.82) is 0 Å². The van der Waals surface area contributed by atoms with Gasteiger partial charge in [0.2, 0.25) is 17.7 Å². The molecule has 0 unspecified atom stereocenters. The van der Waals surface area contributed by atoms with Gasteiger partial charge in [-0.05, 0) is 42.7 Å². The molecule has 1 aliphatic carbocycles. The van der Waals surface area contributed by atoms with Crippen LogP contribution in [0.25, 0.3) is 0 Å². The molecule has 1 aliphatic heterocycles. The number of amides is 3. The molecule has 0 aromatic heterocycles. The maximum absolute atomic E-state index is 13.3. The highest BCUT2D eigenvalue weighted by Crippen LogP contribution is 2.28. The topological polar surface area (TPSA) is 78.5 Å². The second kappa shape index (κ2) is 11.8. The van der Waals surface area contributed by atoms with Crippen molar-refractivity contribution in [3.8, 4) is 0 Å². The lowest BCUT2D eigenvalue weighted by atomic mass is 10.0. The normalized spacial score (nSPS) is 19.9. The minimum atomic E-state index is -0.756. The van der Waals surface area contributed by atoms with Crippen LogP contribution in [0.5, 0.6) is 0 Å². The fourth-order valence-corrected chi connectivity index (χ4v) is 5.12. The number of hydrogen-bond donors (Lipinski definition) is 2. The fourth-order valence-electron chi connectivity index (χ4n) is 5.12. The van der Waals surface area contributed by atoms with Crippen LogP contribution in [0.2, 0.25) is 0 Å². The molecule has 2 aromatic rings. The van der Waals surface area contributed by atoms with Crippen LogP contribution in [-0.2, 0) is 20.9 Å². The van der Waals surface area contributed by atoms with Crippen LogP contribution in [0, 0.1) is 5.92 Å². The van der Waals surface area contributed by atoms with Crippen LogP contribution in [0.1, 0.15) is 68.5 Å². The Morgan fingerprint density at radius 3 is 2.29 bits per heavy atom. The molecule has 180 valence electrons. The number of carbonyl (C=O) groups is 3. The van der Waals surface area contributed by atoms with Crippen LogP contribution in [-0.4, -0.2) is 35.2 Å². The first-order valence-electron chi connectivity index (χ1n) is 12.5. The smallest absolute Gasteiger partial charge is 0.247 e. The first-order chi connectivity index (χ1) is 16.6. The molecule has 6 nitrogen and oxygen atoms in total. The van der Waals surface area contributed by atoms with Gasteiger partial charge in [-0.1, -0.05) is 73.5 Å². The average molecular weight is 462 g/mol. The van der Waals surface area contributed by atoms with Crippen molar-refractivity contribution in [3.63, 3.8) is 0 Å². The first kappa shape index (κ1) is 24.0. The molecule has 4 rings (SSSR count). The third-order valence-corrected chi connectivity index (χ3v) is 6.97. The van der Waals surface area contributed by atoms with Gasteiger partial charge in [0.1, 0.15) is 6.04 Å². The molecule has 0 radical (unpaired) electrons. The van der Waals surface area contributed by atoms with Crippen LogP contribution in [0.3, 0.4) is 0 Å². The van der Waals surface area contributed by atoms with Crippen molar-refractivity contribution in [2.45, 2.75) is 70.0 Å². The third kappa shape index (κ3) is 6.69. The molecule has 6 heteroatoms. The Morgan fingerprint density at radius 2 is 1.59 bits per heavy atom. The Labute approximate surface area is 202 Å². The maximum Gasteiger partial charge on any atom is 0.247 e. The summed E-state index contributed by atoms with van der Waals surface area (Å²) in [6, 6.07) is 18.3. The lowest BCUT2D eigenvalue weighted by Gasteiger charge is -2.24. The van der Waals surface area contributed by atoms with Crippen molar-refractivity contribution in [2.24, 2.45) is 5.92 Å². The molecule has 2 fully saturated rings. The second-order valence-electron chi connectivity index (χ2n) is 9.62. The predicted molar refractivity (Wildman–Crippen MR) is 132 cm³/mol. The molecule has 3 amide bonds. The van der Waals surface area contributed by atoms with E-state index < -0.39 is 6.04 Å². The van der Waals surface area contributed by atoms with Crippen LogP contribution >= 0.6 is 0 Å². The van der Waals surface area contributed by atoms with Gasteiger partial charge in [-0.3, -0.25) is 14.4 Å². The van der Waals surface area contributed by atoms with Crippen LogP contribution < -0.4 is 10.6 Å². The van der Waals surface area contributed by atoms with E-state index in [0.717, 1.165) is 36.8 Å². The highest BCUT2D eigenvalue weighted by atomic mass is 16.2. The number of likely N-dealkylation sites (tertiary alicyclic amines) is 1. The van der Waals surface area contributed by atoms with Gasteiger partial charge in [0.15, 0.2) is 0 Å². The zero-order chi connectivity index (χ0) is 23.8. The Morgan fingerprint density at radius 1 is 0.912 bits per heavy atom. The zero-order valence-corrected chi connectivity index (χ0v) is 19.7. The molecule has 2 N–H and O–H groups in total. The fraction of sp³-hybridized carbons (Fsp3) is 0.464. The second-order valence-corrected chi connectivity index (χ2v) is 9.62. The van der Waals surface area contributed by atoms with E-state index in [4.69, 9.17) is 0 Å². The molecule has 34 heavy (non-hydrogen) atoms. The molecule has 0 bridgehead atoms. The van der Waals surface area contributed by atoms with Gasteiger partial charge in [0.25, 0.3) is 0 Å². The summed E-state index contributed by atoms with van der Waals surface area (Å²) in [7, 11) is 0. The highest BCUT2D eigenvalue weighted by molar-refractivity contribution is 5.89. The van der Waals surface area contributed by atoms with E-state index in [1.54, 1.807) is 0 Å². The van der Waals surface area contributed by atoms with Crippen molar-refractivity contribution in [1.82, 2.24) is 15.5 Å². The zero-order valence-electron chi connectivity index (χ0n) is 19.7. The molecular formula is C28H35N3O3. The van der Waals surface area contributed by atoms with Gasteiger partial charge < -0.3 is 15.5 Å². The van der Waals surface area contributed by atoms with Crippen LogP contribution in [0.15, 0.2) is 60.7 Å². The third-order valence-electron chi connectivity index (χ3n) is 6.97. The van der Waals surface area contributed by atoms with Crippen molar-refractivity contribution in [2.75, 3.05) is 6.54 Å².